The molecule has 0 aliphatic carbocycles. The van der Waals surface area contributed by atoms with Crippen LogP contribution >= 0.6 is 0 Å². The summed E-state index contributed by atoms with van der Waals surface area (Å²) in [7, 11) is 0. The Kier molecular flexibility index (Phi) is 4.39. The fraction of sp³-hybridized carbons (Fsp3) is 0.500. The molecule has 2 heterocycles. The Morgan fingerprint density at radius 2 is 1.77 bits per heavy atom. The summed E-state index contributed by atoms with van der Waals surface area (Å²) in [5, 5.41) is 17.9. The van der Waals surface area contributed by atoms with Gasteiger partial charge in [-0.1, -0.05) is 6.08 Å². The normalized spacial score (nSPS) is 14.5. The van der Waals surface area contributed by atoms with Gasteiger partial charge < -0.3 is 5.11 Å². The second-order valence-electron chi connectivity index (χ2n) is 5.52. The Labute approximate surface area is 127 Å². The molecule has 1 aromatic heterocycles. The van der Waals surface area contributed by atoms with Crippen molar-refractivity contribution in [2.75, 3.05) is 0 Å². The molecule has 1 aromatic rings. The van der Waals surface area contributed by atoms with E-state index in [4.69, 9.17) is 0 Å². The van der Waals surface area contributed by atoms with Gasteiger partial charge in [-0.25, -0.2) is 9.79 Å². The predicted octanol–water partition coefficient (Wildman–Crippen LogP) is 2.28. The van der Waals surface area contributed by atoms with Crippen molar-refractivity contribution >= 4 is 11.5 Å². The first kappa shape index (κ1) is 15.9. The highest BCUT2D eigenvalue weighted by Gasteiger charge is 2.21. The number of azo groups is 1. The summed E-state index contributed by atoms with van der Waals surface area (Å²) >= 11 is 0. The van der Waals surface area contributed by atoms with Crippen LogP contribution in [0.3, 0.4) is 0 Å². The third-order valence-corrected chi connectivity index (χ3v) is 3.20. The zero-order valence-corrected chi connectivity index (χ0v) is 13.0. The number of nitrogens with zero attached hydrogens (tertiary/aromatic N) is 5. The first-order valence-corrected chi connectivity index (χ1v) is 7.08. The van der Waals surface area contributed by atoms with Crippen molar-refractivity contribution in [2.45, 2.75) is 46.2 Å². The van der Waals surface area contributed by atoms with Gasteiger partial charge in [-0.2, -0.15) is 0 Å². The average molecular weight is 305 g/mol. The Morgan fingerprint density at radius 3 is 2.27 bits per heavy atom. The van der Waals surface area contributed by atoms with E-state index in [-0.39, 0.29) is 17.8 Å². The molecule has 0 atom stereocenters. The molecule has 0 aromatic carbocycles. The maximum Gasteiger partial charge on any atom is 0.334 e. The minimum absolute atomic E-state index is 0.253. The van der Waals surface area contributed by atoms with E-state index in [2.05, 4.69) is 15.2 Å². The van der Waals surface area contributed by atoms with Crippen molar-refractivity contribution in [1.29, 1.82) is 0 Å². The van der Waals surface area contributed by atoms with Crippen LogP contribution in [0.15, 0.2) is 37.1 Å². The zero-order valence-electron chi connectivity index (χ0n) is 13.0. The van der Waals surface area contributed by atoms with Gasteiger partial charge in [0.15, 0.2) is 5.84 Å². The summed E-state index contributed by atoms with van der Waals surface area (Å²) < 4.78 is 2.19. The van der Waals surface area contributed by atoms with Gasteiger partial charge in [0.05, 0.1) is 0 Å². The van der Waals surface area contributed by atoms with Crippen LogP contribution in [0, 0.1) is 0 Å². The number of amidine groups is 1. The molecule has 0 radical (unpaired) electrons. The standard InChI is InChI=1S/C14H19N5O3/c1-8(2)18-12(20)11(17-16-10-6-5-7-15-10)13(21)19(9(3)4)14(18)22/h5,7-9,20H,6H2,1-4H3. The third kappa shape index (κ3) is 2.76. The molecule has 0 saturated heterocycles. The van der Waals surface area contributed by atoms with Gasteiger partial charge in [-0.3, -0.25) is 13.9 Å². The molecule has 22 heavy (non-hydrogen) atoms. The smallest absolute Gasteiger partial charge is 0.334 e. The number of aromatic nitrogens is 2. The summed E-state index contributed by atoms with van der Waals surface area (Å²) in [5.74, 6) is -0.0330. The lowest BCUT2D eigenvalue weighted by Gasteiger charge is -2.17. The molecule has 118 valence electrons. The van der Waals surface area contributed by atoms with Gasteiger partial charge in [0.1, 0.15) is 0 Å². The maximum atomic E-state index is 12.4. The molecule has 2 rings (SSSR count). The molecule has 1 aliphatic heterocycles. The van der Waals surface area contributed by atoms with E-state index in [1.807, 2.05) is 0 Å². The van der Waals surface area contributed by atoms with Gasteiger partial charge in [0.2, 0.25) is 11.6 Å². The quantitative estimate of drug-likeness (QED) is 0.866. The highest BCUT2D eigenvalue weighted by Crippen LogP contribution is 2.24. The fourth-order valence-corrected chi connectivity index (χ4v) is 2.15. The van der Waals surface area contributed by atoms with Gasteiger partial charge in [0.25, 0.3) is 5.56 Å². The molecular weight excluding hydrogens is 286 g/mol. The highest BCUT2D eigenvalue weighted by atomic mass is 16.3. The molecule has 8 nitrogen and oxygen atoms in total. The van der Waals surface area contributed by atoms with Gasteiger partial charge in [-0.05, 0) is 27.7 Å². The Morgan fingerprint density at radius 1 is 1.14 bits per heavy atom. The summed E-state index contributed by atoms with van der Waals surface area (Å²) in [6.07, 6.45) is 3.91. The molecule has 1 aliphatic rings. The van der Waals surface area contributed by atoms with E-state index in [0.29, 0.717) is 12.3 Å². The molecule has 1 N–H and O–H groups in total. The predicted molar refractivity (Wildman–Crippen MR) is 83.1 cm³/mol. The van der Waals surface area contributed by atoms with E-state index in [0.717, 1.165) is 9.13 Å². The Hall–Kier alpha value is -2.51. The summed E-state index contributed by atoms with van der Waals surface area (Å²) in [4.78, 5) is 28.7. The van der Waals surface area contributed by atoms with Crippen molar-refractivity contribution < 1.29 is 5.11 Å². The lowest BCUT2D eigenvalue weighted by Crippen LogP contribution is -2.41. The van der Waals surface area contributed by atoms with Crippen molar-refractivity contribution in [1.82, 2.24) is 9.13 Å². The van der Waals surface area contributed by atoms with Crippen LogP contribution in [0.25, 0.3) is 0 Å². The second-order valence-corrected chi connectivity index (χ2v) is 5.52. The second kappa shape index (κ2) is 6.08. The van der Waals surface area contributed by atoms with Crippen LogP contribution in [-0.2, 0) is 0 Å². The van der Waals surface area contributed by atoms with Crippen molar-refractivity contribution in [3.8, 4) is 5.88 Å². The average Bonchev–Trinajstić information content (AvgIpc) is 2.90. The van der Waals surface area contributed by atoms with Gasteiger partial charge in [-0.15, -0.1) is 10.2 Å². The van der Waals surface area contributed by atoms with E-state index in [1.165, 1.54) is 0 Å². The van der Waals surface area contributed by atoms with E-state index in [1.54, 1.807) is 40.0 Å². The SMILES string of the molecule is CC(C)n1c(O)c(N=NC2=NC=CC2)c(=O)n(C(C)C)c1=O. The van der Waals surface area contributed by atoms with Crippen LogP contribution < -0.4 is 11.2 Å². The van der Waals surface area contributed by atoms with Gasteiger partial charge in [0, 0.05) is 24.7 Å². The molecule has 0 spiro atoms. The van der Waals surface area contributed by atoms with Crippen LogP contribution in [0.4, 0.5) is 5.69 Å². The topological polar surface area (TPSA) is 101 Å². The largest absolute Gasteiger partial charge is 0.493 e. The molecule has 0 fully saturated rings. The monoisotopic (exact) mass is 305 g/mol. The molecule has 8 heteroatoms. The number of hydrogen-bond acceptors (Lipinski definition) is 6. The first-order valence-electron chi connectivity index (χ1n) is 7.08. The first-order chi connectivity index (χ1) is 10.3. The fourth-order valence-electron chi connectivity index (χ4n) is 2.15. The molecule has 0 bridgehead atoms. The number of aliphatic imine (C=N–C) groups is 1. The molecule has 0 unspecified atom stereocenters. The van der Waals surface area contributed by atoms with Crippen LogP contribution in [-0.4, -0.2) is 20.1 Å². The van der Waals surface area contributed by atoms with Crippen LogP contribution in [0.5, 0.6) is 5.88 Å². The molecule has 0 amide bonds. The van der Waals surface area contributed by atoms with Gasteiger partial charge >= 0.3 is 5.69 Å². The zero-order chi connectivity index (χ0) is 16.4. The molecular formula is C14H19N5O3. The van der Waals surface area contributed by atoms with Crippen molar-refractivity contribution in [3.05, 3.63) is 33.1 Å². The lowest BCUT2D eigenvalue weighted by atomic mass is 10.3. The highest BCUT2D eigenvalue weighted by molar-refractivity contribution is 5.86. The Balaban J connectivity index is 2.67. The minimum atomic E-state index is -0.662. The van der Waals surface area contributed by atoms with E-state index >= 15 is 0 Å². The van der Waals surface area contributed by atoms with Crippen LogP contribution in [0.1, 0.15) is 46.2 Å². The van der Waals surface area contributed by atoms with Crippen molar-refractivity contribution in [2.24, 2.45) is 15.2 Å². The lowest BCUT2D eigenvalue weighted by molar-refractivity contribution is 0.365. The van der Waals surface area contributed by atoms with E-state index < -0.39 is 17.1 Å². The minimum Gasteiger partial charge on any atom is -0.493 e. The third-order valence-electron chi connectivity index (χ3n) is 3.20. The van der Waals surface area contributed by atoms with Crippen molar-refractivity contribution in [3.63, 3.8) is 0 Å². The summed E-state index contributed by atoms with van der Waals surface area (Å²) in [6.45, 7) is 6.91. The number of aromatic hydroxyl groups is 1. The Bertz CT molecular complexity index is 781. The summed E-state index contributed by atoms with van der Waals surface area (Å²) in [5.41, 5.74) is -1.48. The number of rotatable bonds is 3. The molecule has 0 saturated carbocycles. The van der Waals surface area contributed by atoms with E-state index in [9.17, 15) is 14.7 Å². The van der Waals surface area contributed by atoms with Crippen LogP contribution in [0.2, 0.25) is 0 Å². The maximum absolute atomic E-state index is 12.4. The summed E-state index contributed by atoms with van der Waals surface area (Å²) in [6, 6.07) is -0.678. The number of hydrogen-bond donors (Lipinski definition) is 1.